The Kier molecular flexibility index (Phi) is 5.52. The first-order valence-corrected chi connectivity index (χ1v) is 8.34. The monoisotopic (exact) mass is 335 g/mol. The number of benzene rings is 1. The van der Waals surface area contributed by atoms with Crippen LogP contribution in [0, 0.1) is 5.82 Å². The van der Waals surface area contributed by atoms with E-state index in [1.807, 2.05) is 33.8 Å². The van der Waals surface area contributed by atoms with Crippen LogP contribution in [0.15, 0.2) is 24.8 Å². The van der Waals surface area contributed by atoms with Gasteiger partial charge in [-0.2, -0.15) is 0 Å². The van der Waals surface area contributed by atoms with Crippen LogP contribution in [0.5, 0.6) is 0 Å². The van der Waals surface area contributed by atoms with Crippen LogP contribution in [0.1, 0.15) is 57.7 Å². The summed E-state index contributed by atoms with van der Waals surface area (Å²) in [7, 11) is 0. The molecule has 24 heavy (non-hydrogen) atoms. The zero-order chi connectivity index (χ0) is 17.9. The van der Waals surface area contributed by atoms with Gasteiger partial charge in [-0.3, -0.25) is 0 Å². The van der Waals surface area contributed by atoms with Crippen LogP contribution in [0.3, 0.4) is 0 Å². The molecule has 1 fully saturated rings. The standard InChI is InChI=1S/C19H26FNO3/c1-6-23-13(2)15-10-9-14(12-16(15)20)17-8-7-11-21(17)18(22)24-19(3,4)5/h9-10,12,17H,2,6-8,11H2,1,3-5H3. The van der Waals surface area contributed by atoms with Crippen molar-refractivity contribution in [3.8, 4) is 0 Å². The van der Waals surface area contributed by atoms with E-state index in [-0.39, 0.29) is 18.0 Å². The molecule has 1 aromatic rings. The van der Waals surface area contributed by atoms with Crippen molar-refractivity contribution in [2.24, 2.45) is 0 Å². The summed E-state index contributed by atoms with van der Waals surface area (Å²) in [5.74, 6) is -0.0704. The Morgan fingerprint density at radius 2 is 2.12 bits per heavy atom. The maximum atomic E-state index is 14.4. The second-order valence-corrected chi connectivity index (χ2v) is 6.93. The lowest BCUT2D eigenvalue weighted by Gasteiger charge is -2.29. The minimum absolute atomic E-state index is 0.163. The summed E-state index contributed by atoms with van der Waals surface area (Å²) < 4.78 is 25.1. The van der Waals surface area contributed by atoms with Gasteiger partial charge < -0.3 is 14.4 Å². The van der Waals surface area contributed by atoms with Crippen molar-refractivity contribution < 1.29 is 18.7 Å². The summed E-state index contributed by atoms with van der Waals surface area (Å²) in [5.41, 5.74) is 0.570. The Morgan fingerprint density at radius 1 is 1.42 bits per heavy atom. The number of likely N-dealkylation sites (tertiary alicyclic amines) is 1. The fourth-order valence-corrected chi connectivity index (χ4v) is 2.87. The van der Waals surface area contributed by atoms with Gasteiger partial charge in [-0.25, -0.2) is 9.18 Å². The van der Waals surface area contributed by atoms with E-state index in [2.05, 4.69) is 6.58 Å². The molecule has 4 nitrogen and oxygen atoms in total. The molecule has 0 N–H and O–H groups in total. The predicted molar refractivity (Wildman–Crippen MR) is 92.0 cm³/mol. The Hall–Kier alpha value is -2.04. The summed E-state index contributed by atoms with van der Waals surface area (Å²) in [6, 6.07) is 4.79. The number of nitrogens with zero attached hydrogens (tertiary/aromatic N) is 1. The van der Waals surface area contributed by atoms with E-state index in [9.17, 15) is 9.18 Å². The van der Waals surface area contributed by atoms with Crippen molar-refractivity contribution in [3.05, 3.63) is 41.7 Å². The SMILES string of the molecule is C=C(OCC)c1ccc(C2CCCN2C(=O)OC(C)(C)C)cc1F. The fraction of sp³-hybridized carbons (Fsp3) is 0.526. The van der Waals surface area contributed by atoms with E-state index in [1.165, 1.54) is 6.07 Å². The molecule has 0 aliphatic carbocycles. The number of rotatable bonds is 4. The van der Waals surface area contributed by atoms with Gasteiger partial charge in [0.05, 0.1) is 18.2 Å². The van der Waals surface area contributed by atoms with Gasteiger partial charge in [0.2, 0.25) is 0 Å². The first-order chi connectivity index (χ1) is 11.2. The fourth-order valence-electron chi connectivity index (χ4n) is 2.87. The van der Waals surface area contributed by atoms with Gasteiger partial charge in [-0.15, -0.1) is 0 Å². The Bertz CT molecular complexity index is 622. The summed E-state index contributed by atoms with van der Waals surface area (Å²) in [4.78, 5) is 14.0. The van der Waals surface area contributed by atoms with E-state index in [1.54, 1.807) is 11.0 Å². The number of halogens is 1. The lowest BCUT2D eigenvalue weighted by molar-refractivity contribution is 0.0224. The molecule has 1 aliphatic heterocycles. The molecule has 1 atom stereocenters. The molecule has 0 bridgehead atoms. The number of hydrogen-bond donors (Lipinski definition) is 0. The van der Waals surface area contributed by atoms with Gasteiger partial charge in [0.1, 0.15) is 17.2 Å². The van der Waals surface area contributed by atoms with Crippen LogP contribution in [0.25, 0.3) is 5.76 Å². The van der Waals surface area contributed by atoms with Crippen LogP contribution in [0.4, 0.5) is 9.18 Å². The zero-order valence-corrected chi connectivity index (χ0v) is 14.9. The number of hydrogen-bond acceptors (Lipinski definition) is 3. The molecule has 1 amide bonds. The van der Waals surface area contributed by atoms with E-state index >= 15 is 0 Å². The third-order valence-electron chi connectivity index (χ3n) is 3.88. The lowest BCUT2D eigenvalue weighted by atomic mass is 10.0. The van der Waals surface area contributed by atoms with Crippen LogP contribution < -0.4 is 0 Å². The molecule has 1 unspecified atom stereocenters. The molecule has 0 saturated carbocycles. The van der Waals surface area contributed by atoms with Crippen molar-refractivity contribution in [1.82, 2.24) is 4.90 Å². The first kappa shape index (κ1) is 18.3. The average molecular weight is 335 g/mol. The molecule has 132 valence electrons. The summed E-state index contributed by atoms with van der Waals surface area (Å²) in [6.45, 7) is 12.1. The van der Waals surface area contributed by atoms with Crippen molar-refractivity contribution >= 4 is 11.9 Å². The second kappa shape index (κ2) is 7.24. The molecule has 5 heteroatoms. The molecule has 1 saturated heterocycles. The summed E-state index contributed by atoms with van der Waals surface area (Å²) in [6.07, 6.45) is 1.32. The molecular formula is C19H26FNO3. The topological polar surface area (TPSA) is 38.8 Å². The van der Waals surface area contributed by atoms with Crippen molar-refractivity contribution in [2.45, 2.75) is 52.2 Å². The molecule has 0 spiro atoms. The van der Waals surface area contributed by atoms with E-state index in [0.717, 1.165) is 18.4 Å². The highest BCUT2D eigenvalue weighted by Gasteiger charge is 2.33. The lowest BCUT2D eigenvalue weighted by Crippen LogP contribution is -2.36. The van der Waals surface area contributed by atoms with Crippen LogP contribution >= 0.6 is 0 Å². The molecule has 0 aromatic heterocycles. The van der Waals surface area contributed by atoms with Crippen LogP contribution in [0.2, 0.25) is 0 Å². The van der Waals surface area contributed by atoms with Gasteiger partial charge in [0, 0.05) is 6.54 Å². The van der Waals surface area contributed by atoms with Gasteiger partial charge in [0.15, 0.2) is 0 Å². The molecular weight excluding hydrogens is 309 g/mol. The Balaban J connectivity index is 2.19. The zero-order valence-electron chi connectivity index (χ0n) is 14.9. The molecule has 1 aliphatic rings. The smallest absolute Gasteiger partial charge is 0.410 e. The van der Waals surface area contributed by atoms with Crippen LogP contribution in [-0.2, 0) is 9.47 Å². The van der Waals surface area contributed by atoms with Crippen molar-refractivity contribution in [2.75, 3.05) is 13.2 Å². The summed E-state index contributed by atoms with van der Waals surface area (Å²) in [5, 5.41) is 0. The first-order valence-electron chi connectivity index (χ1n) is 8.34. The highest BCUT2D eigenvalue weighted by atomic mass is 19.1. The third kappa shape index (κ3) is 4.28. The largest absolute Gasteiger partial charge is 0.494 e. The molecule has 1 aromatic carbocycles. The quantitative estimate of drug-likeness (QED) is 0.734. The number of ether oxygens (including phenoxy) is 2. The molecule has 2 rings (SSSR count). The van der Waals surface area contributed by atoms with Crippen molar-refractivity contribution in [1.29, 1.82) is 0 Å². The average Bonchev–Trinajstić information content (AvgIpc) is 2.95. The number of carbonyl (C=O) groups is 1. The predicted octanol–water partition coefficient (Wildman–Crippen LogP) is 4.90. The van der Waals surface area contributed by atoms with Crippen LogP contribution in [-0.4, -0.2) is 29.7 Å². The van der Waals surface area contributed by atoms with Crippen molar-refractivity contribution in [3.63, 3.8) is 0 Å². The highest BCUT2D eigenvalue weighted by molar-refractivity contribution is 5.69. The van der Waals surface area contributed by atoms with E-state index in [0.29, 0.717) is 24.5 Å². The van der Waals surface area contributed by atoms with Gasteiger partial charge in [-0.05, 0) is 58.2 Å². The maximum absolute atomic E-state index is 14.4. The van der Waals surface area contributed by atoms with Gasteiger partial charge in [-0.1, -0.05) is 12.6 Å². The van der Waals surface area contributed by atoms with E-state index < -0.39 is 5.60 Å². The maximum Gasteiger partial charge on any atom is 0.410 e. The highest BCUT2D eigenvalue weighted by Crippen LogP contribution is 2.34. The minimum Gasteiger partial charge on any atom is -0.494 e. The molecule has 1 heterocycles. The number of amides is 1. The Labute approximate surface area is 143 Å². The minimum atomic E-state index is -0.547. The second-order valence-electron chi connectivity index (χ2n) is 6.93. The number of carbonyl (C=O) groups excluding carboxylic acids is 1. The summed E-state index contributed by atoms with van der Waals surface area (Å²) >= 11 is 0. The normalized spacial score (nSPS) is 17.7. The van der Waals surface area contributed by atoms with Gasteiger partial charge >= 0.3 is 6.09 Å². The molecule has 0 radical (unpaired) electrons. The van der Waals surface area contributed by atoms with Gasteiger partial charge in [0.25, 0.3) is 0 Å². The third-order valence-corrected chi connectivity index (χ3v) is 3.88. The Morgan fingerprint density at radius 3 is 2.71 bits per heavy atom. The van der Waals surface area contributed by atoms with E-state index in [4.69, 9.17) is 9.47 Å².